The highest BCUT2D eigenvalue weighted by atomic mass is 16.6. The van der Waals surface area contributed by atoms with Crippen LogP contribution in [0.1, 0.15) is 18.9 Å². The molecule has 94 valence electrons. The summed E-state index contributed by atoms with van der Waals surface area (Å²) in [5.74, 6) is 0.372. The van der Waals surface area contributed by atoms with Gasteiger partial charge in [0.05, 0.1) is 4.92 Å². The van der Waals surface area contributed by atoms with Gasteiger partial charge in [-0.2, -0.15) is 0 Å². The lowest BCUT2D eigenvalue weighted by molar-refractivity contribution is -0.384. The minimum atomic E-state index is -0.420. The number of anilines is 1. The Morgan fingerprint density at radius 3 is 2.82 bits per heavy atom. The molecule has 0 radical (unpaired) electrons. The predicted molar refractivity (Wildman–Crippen MR) is 65.2 cm³/mol. The second kappa shape index (κ2) is 6.15. The summed E-state index contributed by atoms with van der Waals surface area (Å²) in [4.78, 5) is 16.5. The van der Waals surface area contributed by atoms with Gasteiger partial charge in [-0.05, 0) is 25.8 Å². The molecule has 6 heteroatoms. The Morgan fingerprint density at radius 1 is 1.59 bits per heavy atom. The second-order valence-electron chi connectivity index (χ2n) is 3.77. The summed E-state index contributed by atoms with van der Waals surface area (Å²) < 4.78 is 0. The molecule has 1 aromatic rings. The largest absolute Gasteiger partial charge is 0.396 e. The number of nitro groups is 1. The van der Waals surface area contributed by atoms with Crippen molar-refractivity contribution in [2.24, 2.45) is 0 Å². The van der Waals surface area contributed by atoms with Crippen LogP contribution in [0.25, 0.3) is 0 Å². The van der Waals surface area contributed by atoms with Gasteiger partial charge < -0.3 is 10.0 Å². The molecule has 0 saturated carbocycles. The first-order chi connectivity index (χ1) is 8.10. The van der Waals surface area contributed by atoms with Crippen LogP contribution in [0.15, 0.2) is 12.3 Å². The van der Waals surface area contributed by atoms with Crippen LogP contribution in [-0.2, 0) is 0 Å². The fourth-order valence-corrected chi connectivity index (χ4v) is 1.60. The van der Waals surface area contributed by atoms with Crippen LogP contribution >= 0.6 is 0 Å². The molecular formula is C11H17N3O3. The summed E-state index contributed by atoms with van der Waals surface area (Å²) in [7, 11) is 0. The molecule has 0 saturated heterocycles. The van der Waals surface area contributed by atoms with Crippen molar-refractivity contribution >= 4 is 11.5 Å². The highest BCUT2D eigenvalue weighted by molar-refractivity contribution is 5.58. The molecule has 6 nitrogen and oxygen atoms in total. The predicted octanol–water partition coefficient (Wildman–Crippen LogP) is 1.51. The monoisotopic (exact) mass is 239 g/mol. The van der Waals surface area contributed by atoms with Gasteiger partial charge in [-0.25, -0.2) is 4.98 Å². The third kappa shape index (κ3) is 3.39. The van der Waals surface area contributed by atoms with E-state index in [0.717, 1.165) is 5.56 Å². The lowest BCUT2D eigenvalue weighted by atomic mass is 10.2. The van der Waals surface area contributed by atoms with Gasteiger partial charge in [0, 0.05) is 32.0 Å². The average molecular weight is 239 g/mol. The van der Waals surface area contributed by atoms with Crippen LogP contribution in [0, 0.1) is 17.0 Å². The van der Waals surface area contributed by atoms with Crippen LogP contribution in [-0.4, -0.2) is 34.7 Å². The van der Waals surface area contributed by atoms with E-state index in [9.17, 15) is 10.1 Å². The third-order valence-corrected chi connectivity index (χ3v) is 2.45. The number of hydrogen-bond donors (Lipinski definition) is 1. The molecule has 1 heterocycles. The van der Waals surface area contributed by atoms with Gasteiger partial charge in [0.2, 0.25) is 5.82 Å². The molecule has 0 aliphatic heterocycles. The average Bonchev–Trinajstić information content (AvgIpc) is 2.31. The zero-order valence-electron chi connectivity index (χ0n) is 10.1. The maximum atomic E-state index is 11.0. The van der Waals surface area contributed by atoms with E-state index in [1.165, 1.54) is 6.07 Å². The van der Waals surface area contributed by atoms with Crippen molar-refractivity contribution in [2.45, 2.75) is 20.3 Å². The highest BCUT2D eigenvalue weighted by Gasteiger charge is 2.19. The van der Waals surface area contributed by atoms with Gasteiger partial charge in [0.25, 0.3) is 0 Å². The number of aryl methyl sites for hydroxylation is 1. The van der Waals surface area contributed by atoms with Crippen molar-refractivity contribution in [3.8, 4) is 0 Å². The van der Waals surface area contributed by atoms with Crippen LogP contribution in [0.3, 0.4) is 0 Å². The number of aliphatic hydroxyl groups excluding tert-OH is 1. The summed E-state index contributed by atoms with van der Waals surface area (Å²) >= 11 is 0. The Bertz CT molecular complexity index is 396. The Hall–Kier alpha value is -1.69. The van der Waals surface area contributed by atoms with E-state index >= 15 is 0 Å². The van der Waals surface area contributed by atoms with Gasteiger partial charge in [0.15, 0.2) is 0 Å². The molecule has 0 bridgehead atoms. The first-order valence-corrected chi connectivity index (χ1v) is 5.57. The smallest absolute Gasteiger partial charge is 0.311 e. The fraction of sp³-hybridized carbons (Fsp3) is 0.545. The number of hydrogen-bond acceptors (Lipinski definition) is 5. The minimum Gasteiger partial charge on any atom is -0.396 e. The Labute approximate surface area is 100 Å². The molecule has 0 aliphatic rings. The highest BCUT2D eigenvalue weighted by Crippen LogP contribution is 2.26. The Morgan fingerprint density at radius 2 is 2.29 bits per heavy atom. The Kier molecular flexibility index (Phi) is 4.84. The minimum absolute atomic E-state index is 0.0183. The zero-order chi connectivity index (χ0) is 12.8. The number of rotatable bonds is 6. The quantitative estimate of drug-likeness (QED) is 0.601. The van der Waals surface area contributed by atoms with Crippen LogP contribution < -0.4 is 4.90 Å². The molecule has 0 atom stereocenters. The number of aliphatic hydroxyl groups is 1. The van der Waals surface area contributed by atoms with Gasteiger partial charge in [-0.15, -0.1) is 0 Å². The maximum absolute atomic E-state index is 11.0. The van der Waals surface area contributed by atoms with Gasteiger partial charge in [-0.3, -0.25) is 10.1 Å². The van der Waals surface area contributed by atoms with Crippen molar-refractivity contribution in [2.75, 3.05) is 24.6 Å². The number of nitrogens with zero attached hydrogens (tertiary/aromatic N) is 3. The molecule has 0 spiro atoms. The van der Waals surface area contributed by atoms with E-state index in [1.54, 1.807) is 18.0 Å². The van der Waals surface area contributed by atoms with Crippen molar-refractivity contribution in [1.29, 1.82) is 0 Å². The summed E-state index contributed by atoms with van der Waals surface area (Å²) in [5.41, 5.74) is 0.781. The molecule has 1 aromatic heterocycles. The van der Waals surface area contributed by atoms with Gasteiger partial charge in [-0.1, -0.05) is 0 Å². The molecule has 1 N–H and O–H groups in total. The summed E-state index contributed by atoms with van der Waals surface area (Å²) in [6.45, 7) is 4.92. The lowest BCUT2D eigenvalue weighted by Crippen LogP contribution is -2.26. The first-order valence-electron chi connectivity index (χ1n) is 5.57. The molecule has 0 amide bonds. The third-order valence-electron chi connectivity index (χ3n) is 2.45. The second-order valence-corrected chi connectivity index (χ2v) is 3.77. The molecule has 0 unspecified atom stereocenters. The van der Waals surface area contributed by atoms with Crippen molar-refractivity contribution in [1.82, 2.24) is 4.98 Å². The van der Waals surface area contributed by atoms with Crippen LogP contribution in [0.5, 0.6) is 0 Å². The van der Waals surface area contributed by atoms with Crippen molar-refractivity contribution < 1.29 is 10.0 Å². The SMILES string of the molecule is CCN(CCCO)c1ncc(C)cc1[N+](=O)[O-]. The molecule has 17 heavy (non-hydrogen) atoms. The first kappa shape index (κ1) is 13.4. The normalized spacial score (nSPS) is 10.3. The van der Waals surface area contributed by atoms with Crippen LogP contribution in [0.4, 0.5) is 11.5 Å². The van der Waals surface area contributed by atoms with Crippen molar-refractivity contribution in [3.05, 3.63) is 27.9 Å². The number of aromatic nitrogens is 1. The summed E-state index contributed by atoms with van der Waals surface area (Å²) in [6.07, 6.45) is 2.19. The standard InChI is InChI=1S/C11H17N3O3/c1-3-13(5-4-6-15)11-10(14(16)17)7-9(2)8-12-11/h7-8,15H,3-6H2,1-2H3. The van der Waals surface area contributed by atoms with E-state index in [0.29, 0.717) is 25.3 Å². The summed E-state index contributed by atoms with van der Waals surface area (Å²) in [6, 6.07) is 1.52. The Balaban J connectivity index is 3.05. The number of pyridine rings is 1. The maximum Gasteiger partial charge on any atom is 0.311 e. The molecule has 0 aliphatic carbocycles. The fourth-order valence-electron chi connectivity index (χ4n) is 1.60. The molecule has 0 aromatic carbocycles. The lowest BCUT2D eigenvalue weighted by Gasteiger charge is -2.21. The van der Waals surface area contributed by atoms with E-state index in [1.807, 2.05) is 6.92 Å². The van der Waals surface area contributed by atoms with Crippen LogP contribution in [0.2, 0.25) is 0 Å². The topological polar surface area (TPSA) is 79.5 Å². The molecule has 0 fully saturated rings. The van der Waals surface area contributed by atoms with Crippen molar-refractivity contribution in [3.63, 3.8) is 0 Å². The zero-order valence-corrected chi connectivity index (χ0v) is 10.1. The van der Waals surface area contributed by atoms with E-state index in [4.69, 9.17) is 5.11 Å². The van der Waals surface area contributed by atoms with Gasteiger partial charge in [0.1, 0.15) is 0 Å². The van der Waals surface area contributed by atoms with E-state index < -0.39 is 4.92 Å². The molecule has 1 rings (SSSR count). The van der Waals surface area contributed by atoms with E-state index in [-0.39, 0.29) is 12.3 Å². The van der Waals surface area contributed by atoms with E-state index in [2.05, 4.69) is 4.98 Å². The molecular weight excluding hydrogens is 222 g/mol. The van der Waals surface area contributed by atoms with Gasteiger partial charge >= 0.3 is 5.69 Å². The summed E-state index contributed by atoms with van der Waals surface area (Å²) in [5, 5.41) is 19.8.